The van der Waals surface area contributed by atoms with Crippen molar-refractivity contribution in [1.29, 1.82) is 0 Å². The molecule has 2 aromatic rings. The van der Waals surface area contributed by atoms with Crippen molar-refractivity contribution in [2.45, 2.75) is 25.5 Å². The molecule has 7 nitrogen and oxygen atoms in total. The molecule has 126 valence electrons. The molecular weight excluding hydrogens is 332 g/mol. The Bertz CT molecular complexity index is 754. The molecule has 3 rings (SSSR count). The molecule has 0 fully saturated rings. The van der Waals surface area contributed by atoms with Gasteiger partial charge in [-0.05, 0) is 19.1 Å². The molecule has 0 bridgehead atoms. The Morgan fingerprint density at radius 3 is 3.08 bits per heavy atom. The van der Waals surface area contributed by atoms with Gasteiger partial charge in [-0.2, -0.15) is 0 Å². The Kier molecular flexibility index (Phi) is 4.82. The quantitative estimate of drug-likeness (QED) is 0.792. The lowest BCUT2D eigenvalue weighted by atomic mass is 10.0. The third kappa shape index (κ3) is 3.58. The van der Waals surface area contributed by atoms with Gasteiger partial charge in [0.15, 0.2) is 5.82 Å². The second-order valence-corrected chi connectivity index (χ2v) is 5.83. The van der Waals surface area contributed by atoms with E-state index in [-0.39, 0.29) is 11.9 Å². The van der Waals surface area contributed by atoms with Crippen molar-refractivity contribution in [1.82, 2.24) is 15.3 Å². The maximum atomic E-state index is 12.2. The number of rotatable bonds is 3. The van der Waals surface area contributed by atoms with E-state index < -0.39 is 12.1 Å². The second-order valence-electron chi connectivity index (χ2n) is 5.42. The molecule has 2 heterocycles. The number of fused-ring (bicyclic) bond motifs is 1. The average molecular weight is 349 g/mol. The Hall–Kier alpha value is -2.38. The molecule has 1 aromatic heterocycles. The summed E-state index contributed by atoms with van der Waals surface area (Å²) in [4.78, 5) is 20.3. The number of carbonyl (C=O) groups excluding carboxylic acids is 1. The molecule has 0 spiro atoms. The molecule has 2 amide bonds. The second kappa shape index (κ2) is 7.02. The van der Waals surface area contributed by atoms with Gasteiger partial charge in [0.05, 0.1) is 17.7 Å². The van der Waals surface area contributed by atoms with E-state index in [9.17, 15) is 9.90 Å². The summed E-state index contributed by atoms with van der Waals surface area (Å²) in [6.07, 6.45) is 1.32. The molecule has 8 heteroatoms. The molecular formula is C16H17ClN4O3. The Morgan fingerprint density at radius 2 is 2.29 bits per heavy atom. The zero-order chi connectivity index (χ0) is 17.1. The number of halogens is 1. The van der Waals surface area contributed by atoms with Crippen molar-refractivity contribution in [3.63, 3.8) is 0 Å². The Labute approximate surface area is 144 Å². The number of hydrogen-bond donors (Lipinski definition) is 3. The minimum atomic E-state index is -0.806. The zero-order valence-electron chi connectivity index (χ0n) is 13.0. The van der Waals surface area contributed by atoms with E-state index in [1.54, 1.807) is 19.1 Å². The molecule has 1 aliphatic heterocycles. The molecule has 1 aliphatic rings. The minimum Gasteiger partial charge on any atom is -0.492 e. The summed E-state index contributed by atoms with van der Waals surface area (Å²) in [5.74, 6) is 1.17. The molecule has 0 unspecified atom stereocenters. The van der Waals surface area contributed by atoms with Crippen molar-refractivity contribution in [3.05, 3.63) is 46.9 Å². The van der Waals surface area contributed by atoms with Crippen molar-refractivity contribution in [2.75, 3.05) is 11.9 Å². The van der Waals surface area contributed by atoms with E-state index in [1.807, 2.05) is 12.1 Å². The number of nitrogens with one attached hydrogen (secondary N) is 2. The Balaban J connectivity index is 1.70. The Morgan fingerprint density at radius 1 is 1.46 bits per heavy atom. The molecule has 0 saturated heterocycles. The van der Waals surface area contributed by atoms with Crippen molar-refractivity contribution in [2.24, 2.45) is 0 Å². The van der Waals surface area contributed by atoms with Crippen LogP contribution in [0.2, 0.25) is 5.02 Å². The van der Waals surface area contributed by atoms with Gasteiger partial charge in [-0.25, -0.2) is 14.8 Å². The summed E-state index contributed by atoms with van der Waals surface area (Å²) in [7, 11) is 0. The predicted octanol–water partition coefficient (Wildman–Crippen LogP) is 2.83. The predicted molar refractivity (Wildman–Crippen MR) is 89.1 cm³/mol. The van der Waals surface area contributed by atoms with Gasteiger partial charge in [0.25, 0.3) is 0 Å². The SMILES string of the molecule is C[C@@H](O)c1nccc(NC(=O)N[C@H]2CCOc3c(Cl)cccc32)n1. The van der Waals surface area contributed by atoms with E-state index in [0.29, 0.717) is 29.6 Å². The van der Waals surface area contributed by atoms with Crippen LogP contribution in [0.4, 0.5) is 10.6 Å². The molecule has 0 aliphatic carbocycles. The number of amides is 2. The van der Waals surface area contributed by atoms with Gasteiger partial charge < -0.3 is 15.2 Å². The highest BCUT2D eigenvalue weighted by atomic mass is 35.5. The molecule has 0 saturated carbocycles. The number of urea groups is 1. The topological polar surface area (TPSA) is 96.4 Å². The summed E-state index contributed by atoms with van der Waals surface area (Å²) < 4.78 is 5.57. The van der Waals surface area contributed by atoms with Crippen molar-refractivity contribution < 1.29 is 14.6 Å². The summed E-state index contributed by atoms with van der Waals surface area (Å²) in [6, 6.07) is 6.40. The van der Waals surface area contributed by atoms with E-state index >= 15 is 0 Å². The first-order chi connectivity index (χ1) is 11.5. The molecule has 3 N–H and O–H groups in total. The maximum Gasteiger partial charge on any atom is 0.320 e. The molecule has 24 heavy (non-hydrogen) atoms. The maximum absolute atomic E-state index is 12.2. The highest BCUT2D eigenvalue weighted by Gasteiger charge is 2.24. The first-order valence-electron chi connectivity index (χ1n) is 7.54. The number of nitrogens with zero attached hydrogens (tertiary/aromatic N) is 2. The summed E-state index contributed by atoms with van der Waals surface area (Å²) in [5.41, 5.74) is 0.844. The molecule has 2 atom stereocenters. The summed E-state index contributed by atoms with van der Waals surface area (Å²) >= 11 is 6.13. The van der Waals surface area contributed by atoms with Gasteiger partial charge in [0.2, 0.25) is 0 Å². The van der Waals surface area contributed by atoms with E-state index in [2.05, 4.69) is 20.6 Å². The molecule has 1 aromatic carbocycles. The van der Waals surface area contributed by atoms with Crippen LogP contribution < -0.4 is 15.4 Å². The number of ether oxygens (including phenoxy) is 1. The van der Waals surface area contributed by atoms with Crippen LogP contribution in [0.3, 0.4) is 0 Å². The number of aliphatic hydroxyl groups excluding tert-OH is 1. The van der Waals surface area contributed by atoms with Crippen LogP contribution in [0.5, 0.6) is 5.75 Å². The molecule has 0 radical (unpaired) electrons. The van der Waals surface area contributed by atoms with Crippen LogP contribution >= 0.6 is 11.6 Å². The average Bonchev–Trinajstić information content (AvgIpc) is 2.56. The van der Waals surface area contributed by atoms with Crippen molar-refractivity contribution in [3.8, 4) is 5.75 Å². The van der Waals surface area contributed by atoms with Gasteiger partial charge in [0, 0.05) is 18.2 Å². The van der Waals surface area contributed by atoms with Gasteiger partial charge in [-0.1, -0.05) is 23.7 Å². The lowest BCUT2D eigenvalue weighted by molar-refractivity contribution is 0.189. The number of anilines is 1. The fourth-order valence-corrected chi connectivity index (χ4v) is 2.73. The number of benzene rings is 1. The van der Waals surface area contributed by atoms with Crippen molar-refractivity contribution >= 4 is 23.4 Å². The largest absolute Gasteiger partial charge is 0.492 e. The van der Waals surface area contributed by atoms with Crippen LogP contribution in [0.15, 0.2) is 30.5 Å². The third-order valence-electron chi connectivity index (χ3n) is 3.62. The standard InChI is InChI=1S/C16H17ClN4O3/c1-9(22)15-18-7-5-13(20-15)21-16(23)19-12-6-8-24-14-10(12)3-2-4-11(14)17/h2-5,7,9,12,22H,6,8H2,1H3,(H2,18,19,20,21,23)/t9-,12+/m1/s1. The van der Waals surface area contributed by atoms with E-state index in [1.165, 1.54) is 6.20 Å². The van der Waals surface area contributed by atoms with Crippen LogP contribution in [0, 0.1) is 0 Å². The highest BCUT2D eigenvalue weighted by Crippen LogP contribution is 2.37. The number of carbonyl (C=O) groups is 1. The number of hydrogen-bond acceptors (Lipinski definition) is 5. The third-order valence-corrected chi connectivity index (χ3v) is 3.92. The summed E-state index contributed by atoms with van der Waals surface area (Å²) in [6.45, 7) is 2.03. The number of para-hydroxylation sites is 1. The number of aliphatic hydroxyl groups is 1. The van der Waals surface area contributed by atoms with Crippen LogP contribution in [-0.4, -0.2) is 27.7 Å². The van der Waals surface area contributed by atoms with Gasteiger partial charge >= 0.3 is 6.03 Å². The zero-order valence-corrected chi connectivity index (χ0v) is 13.7. The highest BCUT2D eigenvalue weighted by molar-refractivity contribution is 6.32. The van der Waals surface area contributed by atoms with Gasteiger partial charge in [0.1, 0.15) is 17.7 Å². The normalized spacial score (nSPS) is 17.4. The van der Waals surface area contributed by atoms with Crippen LogP contribution in [-0.2, 0) is 0 Å². The fraction of sp³-hybridized carbons (Fsp3) is 0.312. The monoisotopic (exact) mass is 348 g/mol. The first-order valence-corrected chi connectivity index (χ1v) is 7.92. The van der Waals surface area contributed by atoms with Crippen LogP contribution in [0.1, 0.15) is 36.9 Å². The van der Waals surface area contributed by atoms with Gasteiger partial charge in [-0.3, -0.25) is 5.32 Å². The lowest BCUT2D eigenvalue weighted by Crippen LogP contribution is -2.35. The smallest absolute Gasteiger partial charge is 0.320 e. The van der Waals surface area contributed by atoms with E-state index in [0.717, 1.165) is 5.56 Å². The van der Waals surface area contributed by atoms with Crippen LogP contribution in [0.25, 0.3) is 0 Å². The summed E-state index contributed by atoms with van der Waals surface area (Å²) in [5, 5.41) is 15.6. The number of aromatic nitrogens is 2. The first kappa shape index (κ1) is 16.5. The lowest BCUT2D eigenvalue weighted by Gasteiger charge is -2.27. The van der Waals surface area contributed by atoms with E-state index in [4.69, 9.17) is 16.3 Å². The fourth-order valence-electron chi connectivity index (χ4n) is 2.49. The van der Waals surface area contributed by atoms with Gasteiger partial charge in [-0.15, -0.1) is 0 Å². The minimum absolute atomic E-state index is 0.203.